The number of hydrogen-bond donors (Lipinski definition) is 1. The van der Waals surface area contributed by atoms with E-state index >= 15 is 0 Å². The molecule has 0 bridgehead atoms. The lowest BCUT2D eigenvalue weighted by Gasteiger charge is -2.11. The van der Waals surface area contributed by atoms with E-state index in [9.17, 15) is 18.0 Å². The molecular weight excluding hydrogens is 338 g/mol. The molecule has 0 radical (unpaired) electrons. The third-order valence-corrected chi connectivity index (χ3v) is 6.95. The molecule has 1 saturated heterocycles. The second-order valence-corrected chi connectivity index (χ2v) is 9.24. The summed E-state index contributed by atoms with van der Waals surface area (Å²) in [6.45, 7) is 3.64. The van der Waals surface area contributed by atoms with E-state index in [1.165, 1.54) is 22.2 Å². The van der Waals surface area contributed by atoms with Crippen molar-refractivity contribution in [2.24, 2.45) is 0 Å². The molecule has 0 aromatic carbocycles. The van der Waals surface area contributed by atoms with E-state index in [0.29, 0.717) is 16.6 Å². The van der Waals surface area contributed by atoms with Gasteiger partial charge in [-0.05, 0) is 25.8 Å². The monoisotopic (exact) mass is 355 g/mol. The third kappa shape index (κ3) is 3.16. The van der Waals surface area contributed by atoms with Crippen molar-refractivity contribution >= 4 is 37.3 Å². The summed E-state index contributed by atoms with van der Waals surface area (Å²) in [4.78, 5) is 30.5. The molecular formula is C14H17N3O4S2. The predicted molar refractivity (Wildman–Crippen MR) is 88.6 cm³/mol. The van der Waals surface area contributed by atoms with Crippen LogP contribution in [0.1, 0.15) is 16.9 Å². The quantitative estimate of drug-likeness (QED) is 0.858. The van der Waals surface area contributed by atoms with Crippen LogP contribution in [-0.2, 0) is 21.2 Å². The number of nitrogens with one attached hydrogen (secondary N) is 1. The van der Waals surface area contributed by atoms with E-state index in [0.717, 1.165) is 10.4 Å². The van der Waals surface area contributed by atoms with Crippen molar-refractivity contribution in [2.45, 2.75) is 32.9 Å². The van der Waals surface area contributed by atoms with Crippen LogP contribution >= 0.6 is 11.3 Å². The Labute approximate surface area is 137 Å². The Bertz CT molecular complexity index is 943. The van der Waals surface area contributed by atoms with Crippen LogP contribution in [0.3, 0.4) is 0 Å². The molecule has 3 rings (SSSR count). The van der Waals surface area contributed by atoms with Gasteiger partial charge in [0.25, 0.3) is 5.56 Å². The smallest absolute Gasteiger partial charge is 0.262 e. The van der Waals surface area contributed by atoms with Gasteiger partial charge in [0.2, 0.25) is 5.91 Å². The molecule has 23 heavy (non-hydrogen) atoms. The third-order valence-electron chi connectivity index (χ3n) is 4.07. The first-order chi connectivity index (χ1) is 10.8. The fourth-order valence-electron chi connectivity index (χ4n) is 2.72. The molecule has 1 N–H and O–H groups in total. The van der Waals surface area contributed by atoms with Crippen LogP contribution < -0.4 is 10.9 Å². The zero-order valence-corrected chi connectivity index (χ0v) is 14.5. The summed E-state index contributed by atoms with van der Waals surface area (Å²) < 4.78 is 24.1. The fraction of sp³-hybridized carbons (Fsp3) is 0.500. The summed E-state index contributed by atoms with van der Waals surface area (Å²) in [5, 5.41) is 3.22. The molecule has 2 aromatic heterocycles. The number of sulfone groups is 1. The number of rotatable bonds is 3. The molecule has 0 saturated carbocycles. The fourth-order valence-corrected chi connectivity index (χ4v) is 5.38. The summed E-state index contributed by atoms with van der Waals surface area (Å²) in [6.07, 6.45) is 1.79. The molecule has 1 unspecified atom stereocenters. The predicted octanol–water partition coefficient (Wildman–Crippen LogP) is 0.378. The van der Waals surface area contributed by atoms with E-state index < -0.39 is 9.84 Å². The minimum absolute atomic E-state index is 0.0340. The van der Waals surface area contributed by atoms with Gasteiger partial charge in [-0.25, -0.2) is 13.4 Å². The number of aromatic nitrogens is 2. The highest BCUT2D eigenvalue weighted by Crippen LogP contribution is 2.25. The Balaban J connectivity index is 1.79. The average molecular weight is 355 g/mol. The zero-order chi connectivity index (χ0) is 16.8. The van der Waals surface area contributed by atoms with Crippen molar-refractivity contribution in [3.05, 3.63) is 27.1 Å². The minimum Gasteiger partial charge on any atom is -0.351 e. The normalized spacial score (nSPS) is 20.0. The van der Waals surface area contributed by atoms with Gasteiger partial charge in [-0.3, -0.25) is 14.2 Å². The van der Waals surface area contributed by atoms with Gasteiger partial charge < -0.3 is 5.32 Å². The molecule has 1 amide bonds. The molecule has 1 fully saturated rings. The molecule has 1 aliphatic heterocycles. The lowest BCUT2D eigenvalue weighted by atomic mass is 10.2. The summed E-state index contributed by atoms with van der Waals surface area (Å²) in [5.74, 6) is -0.313. The Hall–Kier alpha value is -1.74. The van der Waals surface area contributed by atoms with Crippen molar-refractivity contribution in [1.82, 2.24) is 14.9 Å². The van der Waals surface area contributed by atoms with Gasteiger partial charge in [0, 0.05) is 10.9 Å². The first kappa shape index (κ1) is 16.1. The number of thiophene rings is 1. The van der Waals surface area contributed by atoms with Crippen LogP contribution in [0.25, 0.3) is 10.2 Å². The molecule has 0 spiro atoms. The van der Waals surface area contributed by atoms with Crippen molar-refractivity contribution in [3.63, 3.8) is 0 Å². The standard InChI is InChI=1S/C14H17N3O4S2/c1-8-9(2)22-13-12(8)14(19)17(7-15-13)5-11(18)16-10-3-4-23(20,21)6-10/h7,10H,3-6H2,1-2H3,(H,16,18). The van der Waals surface area contributed by atoms with E-state index in [1.807, 2.05) is 13.8 Å². The Morgan fingerprint density at radius 3 is 2.87 bits per heavy atom. The van der Waals surface area contributed by atoms with Crippen LogP contribution in [0.4, 0.5) is 0 Å². The van der Waals surface area contributed by atoms with E-state index in [4.69, 9.17) is 0 Å². The Morgan fingerprint density at radius 2 is 2.22 bits per heavy atom. The van der Waals surface area contributed by atoms with E-state index in [-0.39, 0.29) is 35.6 Å². The lowest BCUT2D eigenvalue weighted by molar-refractivity contribution is -0.122. The van der Waals surface area contributed by atoms with Crippen LogP contribution in [0.2, 0.25) is 0 Å². The lowest BCUT2D eigenvalue weighted by Crippen LogP contribution is -2.39. The second kappa shape index (κ2) is 5.72. The average Bonchev–Trinajstić information content (AvgIpc) is 2.94. The molecule has 3 heterocycles. The highest BCUT2D eigenvalue weighted by Gasteiger charge is 2.29. The van der Waals surface area contributed by atoms with Crippen molar-refractivity contribution in [1.29, 1.82) is 0 Å². The van der Waals surface area contributed by atoms with Gasteiger partial charge in [0.05, 0.1) is 23.2 Å². The highest BCUT2D eigenvalue weighted by molar-refractivity contribution is 7.91. The minimum atomic E-state index is -3.05. The van der Waals surface area contributed by atoms with Gasteiger partial charge >= 0.3 is 0 Å². The molecule has 0 aliphatic carbocycles. The number of nitrogens with zero attached hydrogens (tertiary/aromatic N) is 2. The van der Waals surface area contributed by atoms with Crippen LogP contribution in [0.5, 0.6) is 0 Å². The number of carbonyl (C=O) groups excluding carboxylic acids is 1. The van der Waals surface area contributed by atoms with E-state index in [2.05, 4.69) is 10.3 Å². The second-order valence-electron chi connectivity index (χ2n) is 5.81. The zero-order valence-electron chi connectivity index (χ0n) is 12.8. The maximum absolute atomic E-state index is 12.5. The van der Waals surface area contributed by atoms with Crippen LogP contribution in [0, 0.1) is 13.8 Å². The van der Waals surface area contributed by atoms with Crippen molar-refractivity contribution in [3.8, 4) is 0 Å². The molecule has 124 valence electrons. The number of fused-ring (bicyclic) bond motifs is 1. The van der Waals surface area contributed by atoms with E-state index in [1.54, 1.807) is 0 Å². The van der Waals surface area contributed by atoms with Gasteiger partial charge in [-0.2, -0.15) is 0 Å². The maximum Gasteiger partial charge on any atom is 0.262 e. The first-order valence-corrected chi connectivity index (χ1v) is 9.85. The van der Waals surface area contributed by atoms with Gasteiger partial charge in [-0.1, -0.05) is 0 Å². The number of carbonyl (C=O) groups is 1. The molecule has 1 aliphatic rings. The Morgan fingerprint density at radius 1 is 1.48 bits per heavy atom. The topological polar surface area (TPSA) is 98.1 Å². The molecule has 2 aromatic rings. The van der Waals surface area contributed by atoms with Gasteiger partial charge in [-0.15, -0.1) is 11.3 Å². The number of amides is 1. The van der Waals surface area contributed by atoms with Gasteiger partial charge in [0.1, 0.15) is 11.4 Å². The summed E-state index contributed by atoms with van der Waals surface area (Å²) in [7, 11) is -3.05. The first-order valence-electron chi connectivity index (χ1n) is 7.22. The SMILES string of the molecule is Cc1sc2ncn(CC(=O)NC3CCS(=O)(=O)C3)c(=O)c2c1C. The molecule has 9 heteroatoms. The van der Waals surface area contributed by atoms with Crippen LogP contribution in [-0.4, -0.2) is 41.4 Å². The van der Waals surface area contributed by atoms with Crippen molar-refractivity contribution in [2.75, 3.05) is 11.5 Å². The largest absolute Gasteiger partial charge is 0.351 e. The summed E-state index contributed by atoms with van der Waals surface area (Å²) in [5.41, 5.74) is 0.644. The molecule has 7 nitrogen and oxygen atoms in total. The number of hydrogen-bond acceptors (Lipinski definition) is 6. The summed E-state index contributed by atoms with van der Waals surface area (Å²) in [6, 6.07) is -0.370. The Kier molecular flexibility index (Phi) is 4.01. The van der Waals surface area contributed by atoms with Gasteiger partial charge in [0.15, 0.2) is 9.84 Å². The molecule has 1 atom stereocenters. The van der Waals surface area contributed by atoms with Crippen LogP contribution in [0.15, 0.2) is 11.1 Å². The summed E-state index contributed by atoms with van der Waals surface area (Å²) >= 11 is 1.45. The highest BCUT2D eigenvalue weighted by atomic mass is 32.2. The number of aryl methyl sites for hydroxylation is 2. The van der Waals surface area contributed by atoms with Crippen molar-refractivity contribution < 1.29 is 13.2 Å². The maximum atomic E-state index is 12.5.